The van der Waals surface area contributed by atoms with Gasteiger partial charge in [0, 0.05) is 37.6 Å². The molecule has 2 aliphatic rings. The molecule has 3 heterocycles. The van der Waals surface area contributed by atoms with Crippen LogP contribution in [0.5, 0.6) is 0 Å². The van der Waals surface area contributed by atoms with Crippen LogP contribution < -0.4 is 10.0 Å². The highest BCUT2D eigenvalue weighted by Gasteiger charge is 2.32. The van der Waals surface area contributed by atoms with Gasteiger partial charge in [0.15, 0.2) is 9.84 Å². The van der Waals surface area contributed by atoms with Gasteiger partial charge in [-0.2, -0.15) is 0 Å². The van der Waals surface area contributed by atoms with Crippen molar-refractivity contribution in [2.24, 2.45) is 0 Å². The quantitative estimate of drug-likeness (QED) is 0.365. The van der Waals surface area contributed by atoms with Crippen molar-refractivity contribution in [2.45, 2.75) is 30.4 Å². The van der Waals surface area contributed by atoms with Crippen molar-refractivity contribution in [3.63, 3.8) is 0 Å². The van der Waals surface area contributed by atoms with Crippen molar-refractivity contribution < 1.29 is 26.1 Å². The summed E-state index contributed by atoms with van der Waals surface area (Å²) in [5, 5.41) is 6.14. The summed E-state index contributed by atoms with van der Waals surface area (Å²) in [5.74, 6) is -0.554. The molecule has 216 valence electrons. The summed E-state index contributed by atoms with van der Waals surface area (Å²) in [5.41, 5.74) is 1.08. The van der Waals surface area contributed by atoms with Crippen LogP contribution in [-0.2, 0) is 44.2 Å². The van der Waals surface area contributed by atoms with Gasteiger partial charge in [0.1, 0.15) is 17.6 Å². The maximum atomic E-state index is 13.5. The first-order valence-electron chi connectivity index (χ1n) is 13.0. The summed E-state index contributed by atoms with van der Waals surface area (Å²) in [4.78, 5) is 21.0. The van der Waals surface area contributed by atoms with Crippen LogP contribution in [0.2, 0.25) is 5.02 Å². The Kier molecular flexibility index (Phi) is 8.28. The fraction of sp³-hybridized carbons (Fsp3) is 0.462. The lowest BCUT2D eigenvalue weighted by atomic mass is 10.1. The number of carbonyl (C=O) groups is 1. The molecule has 5 rings (SSSR count). The molecule has 0 bridgehead atoms. The second kappa shape index (κ2) is 11.3. The van der Waals surface area contributed by atoms with E-state index in [4.69, 9.17) is 16.6 Å². The highest BCUT2D eigenvalue weighted by molar-refractivity contribution is 7.91. The molecule has 2 N–H and O–H groups in total. The molecule has 3 aromatic rings. The van der Waals surface area contributed by atoms with Gasteiger partial charge in [0.05, 0.1) is 47.6 Å². The van der Waals surface area contributed by atoms with Crippen LogP contribution in [0.1, 0.15) is 15.6 Å². The number of fused-ring (bicyclic) bond motifs is 2. The number of aromatic nitrogens is 1. The molecule has 0 aliphatic carbocycles. The van der Waals surface area contributed by atoms with E-state index < -0.39 is 25.9 Å². The average Bonchev–Trinajstić information content (AvgIpc) is 3.28. The first-order valence-corrected chi connectivity index (χ1v) is 17.5. The van der Waals surface area contributed by atoms with Gasteiger partial charge in [-0.05, 0) is 35.0 Å². The molecule has 1 aromatic heterocycles. The molecular weight excluding hydrogens is 594 g/mol. The lowest BCUT2D eigenvalue weighted by Crippen LogP contribution is -2.55. The zero-order valence-corrected chi connectivity index (χ0v) is 25.6. The molecular formula is C26H33ClN5O5S3+. The number of hydrogen-bond donors (Lipinski definition) is 2. The molecule has 2 aromatic carbocycles. The molecule has 1 atom stereocenters. The van der Waals surface area contributed by atoms with Crippen molar-refractivity contribution in [3.05, 3.63) is 57.0 Å². The van der Waals surface area contributed by atoms with Crippen LogP contribution in [0.3, 0.4) is 0 Å². The second-order valence-electron chi connectivity index (χ2n) is 11.0. The molecule has 2 aliphatic heterocycles. The topological polar surface area (TPSA) is 126 Å². The molecule has 40 heavy (non-hydrogen) atoms. The van der Waals surface area contributed by atoms with E-state index in [1.165, 1.54) is 15.8 Å². The maximum Gasteiger partial charge on any atom is 0.241 e. The largest absolute Gasteiger partial charge is 0.339 e. The Bertz CT molecular complexity index is 1640. The fourth-order valence-corrected chi connectivity index (χ4v) is 8.70. The van der Waals surface area contributed by atoms with E-state index in [2.05, 4.69) is 24.1 Å². The predicted molar refractivity (Wildman–Crippen MR) is 157 cm³/mol. The highest BCUT2D eigenvalue weighted by atomic mass is 35.5. The predicted octanol–water partition coefficient (Wildman–Crippen LogP) is 1.78. The van der Waals surface area contributed by atoms with Gasteiger partial charge >= 0.3 is 0 Å². The number of nitrogens with one attached hydrogen (secondary N) is 2. The van der Waals surface area contributed by atoms with Gasteiger partial charge < -0.3 is 9.38 Å². The van der Waals surface area contributed by atoms with E-state index in [0.717, 1.165) is 45.5 Å². The summed E-state index contributed by atoms with van der Waals surface area (Å²) >= 11 is 7.65. The molecule has 0 saturated carbocycles. The first-order chi connectivity index (χ1) is 18.8. The smallest absolute Gasteiger partial charge is 0.241 e. The summed E-state index contributed by atoms with van der Waals surface area (Å²) < 4.78 is 53.7. The number of rotatable bonds is 8. The molecule has 10 nitrogen and oxygen atoms in total. The number of sulfonamides is 1. The summed E-state index contributed by atoms with van der Waals surface area (Å²) in [7, 11) is -2.75. The molecule has 1 unspecified atom stereocenters. The van der Waals surface area contributed by atoms with Crippen molar-refractivity contribution in [3.8, 4) is 0 Å². The zero-order chi connectivity index (χ0) is 28.7. The summed E-state index contributed by atoms with van der Waals surface area (Å²) in [6.07, 6.45) is 0.890. The SMILES string of the molecule is C[N+]1(C)CCc2nc(CNC(CNS(=O)(=O)c3ccc4cc(Cl)ccc4c3)C(=O)N3CCS(=O)(=O)CC3)sc2C1. The van der Waals surface area contributed by atoms with Gasteiger partial charge in [0.25, 0.3) is 0 Å². The van der Waals surface area contributed by atoms with Crippen molar-refractivity contribution in [1.82, 2.24) is 19.9 Å². The van der Waals surface area contributed by atoms with Gasteiger partial charge in [-0.25, -0.2) is 26.5 Å². The molecule has 0 radical (unpaired) electrons. The second-order valence-corrected chi connectivity index (χ2v) is 16.6. The van der Waals surface area contributed by atoms with Gasteiger partial charge in [-0.3, -0.25) is 10.1 Å². The van der Waals surface area contributed by atoms with E-state index in [1.54, 1.807) is 41.7 Å². The normalized spacial score (nSPS) is 19.3. The number of benzene rings is 2. The number of sulfone groups is 1. The third-order valence-corrected chi connectivity index (χ3v) is 11.7. The van der Waals surface area contributed by atoms with Crippen LogP contribution >= 0.6 is 22.9 Å². The van der Waals surface area contributed by atoms with Crippen LogP contribution in [0.4, 0.5) is 0 Å². The number of nitrogens with zero attached hydrogens (tertiary/aromatic N) is 3. The Morgan fingerprint density at radius 3 is 2.60 bits per heavy atom. The molecule has 1 saturated heterocycles. The Labute approximate surface area is 243 Å². The molecule has 1 fully saturated rings. The Morgan fingerprint density at radius 1 is 1.15 bits per heavy atom. The number of thiazole rings is 1. The van der Waals surface area contributed by atoms with Gasteiger partial charge in [0.2, 0.25) is 15.9 Å². The molecule has 1 amide bonds. The van der Waals surface area contributed by atoms with Crippen LogP contribution in [0, 0.1) is 0 Å². The number of carbonyl (C=O) groups excluding carboxylic acids is 1. The van der Waals surface area contributed by atoms with E-state index in [0.29, 0.717) is 11.6 Å². The van der Waals surface area contributed by atoms with E-state index in [9.17, 15) is 21.6 Å². The van der Waals surface area contributed by atoms with E-state index in [-0.39, 0.29) is 41.9 Å². The third kappa shape index (κ3) is 6.84. The fourth-order valence-electron chi connectivity index (χ4n) is 4.96. The number of quaternary nitrogens is 1. The summed E-state index contributed by atoms with van der Waals surface area (Å²) in [6, 6.07) is 9.06. The minimum absolute atomic E-state index is 0.0749. The lowest BCUT2D eigenvalue weighted by molar-refractivity contribution is -0.905. The number of amides is 1. The van der Waals surface area contributed by atoms with E-state index >= 15 is 0 Å². The Balaban J connectivity index is 1.32. The minimum Gasteiger partial charge on any atom is -0.339 e. The Hall–Kier alpha value is -2.13. The van der Waals surface area contributed by atoms with Crippen LogP contribution in [0.15, 0.2) is 41.3 Å². The Morgan fingerprint density at radius 2 is 1.85 bits per heavy atom. The monoisotopic (exact) mass is 626 g/mol. The maximum absolute atomic E-state index is 13.5. The standard InChI is InChI=1S/C26H33ClN5O5S3/c1-32(2)10-7-22-24(17-32)38-25(30-22)16-28-23(26(33)31-8-11-39(34,35)12-9-31)15-29-40(36,37)21-6-4-18-13-20(27)5-3-19(18)14-21/h3-6,13-14,23,28-29H,7-12,15-17H2,1-2H3/q+1. The van der Waals surface area contributed by atoms with E-state index in [1.807, 2.05) is 0 Å². The van der Waals surface area contributed by atoms with Gasteiger partial charge in [-0.1, -0.05) is 23.7 Å². The summed E-state index contributed by atoms with van der Waals surface area (Å²) in [6.45, 7) is 2.17. The lowest BCUT2D eigenvalue weighted by Gasteiger charge is -2.32. The van der Waals surface area contributed by atoms with Crippen LogP contribution in [0.25, 0.3) is 10.8 Å². The minimum atomic E-state index is -3.94. The molecule has 14 heteroatoms. The number of hydrogen-bond acceptors (Lipinski definition) is 8. The average molecular weight is 627 g/mol. The van der Waals surface area contributed by atoms with Crippen molar-refractivity contribution >= 4 is 59.5 Å². The number of halogens is 1. The van der Waals surface area contributed by atoms with Crippen molar-refractivity contribution in [1.29, 1.82) is 0 Å². The first kappa shape index (κ1) is 29.4. The number of likely N-dealkylation sites (N-methyl/N-ethyl adjacent to an activating group) is 1. The molecule has 0 spiro atoms. The third-order valence-electron chi connectivity index (χ3n) is 7.36. The van der Waals surface area contributed by atoms with Crippen molar-refractivity contribution in [2.75, 3.05) is 51.8 Å². The highest BCUT2D eigenvalue weighted by Crippen LogP contribution is 2.27. The van der Waals surface area contributed by atoms with Gasteiger partial charge in [-0.15, -0.1) is 11.3 Å². The van der Waals surface area contributed by atoms with Crippen LogP contribution in [-0.4, -0.2) is 94.9 Å². The zero-order valence-electron chi connectivity index (χ0n) is 22.4.